The molecular formula is C28H30F3N5O2. The molecule has 2 atom stereocenters. The van der Waals surface area contributed by atoms with Crippen molar-refractivity contribution in [2.24, 2.45) is 18.9 Å². The van der Waals surface area contributed by atoms with Gasteiger partial charge in [-0.1, -0.05) is 19.1 Å². The minimum absolute atomic E-state index is 0.0650. The first-order chi connectivity index (χ1) is 18.3. The normalized spacial score (nSPS) is 20.1. The molecule has 2 aliphatic rings. The molecule has 0 bridgehead atoms. The lowest BCUT2D eigenvalue weighted by molar-refractivity contribution is -0.136. The number of likely N-dealkylation sites (tertiary alicyclic amines) is 1. The van der Waals surface area contributed by atoms with Gasteiger partial charge in [-0.3, -0.25) is 4.90 Å². The Kier molecular flexibility index (Phi) is 6.47. The number of aromatic nitrogens is 4. The molecule has 7 nitrogen and oxygen atoms in total. The van der Waals surface area contributed by atoms with E-state index in [4.69, 9.17) is 9.15 Å². The summed E-state index contributed by atoms with van der Waals surface area (Å²) in [7, 11) is 1.90. The van der Waals surface area contributed by atoms with Crippen LogP contribution in [0.3, 0.4) is 0 Å². The van der Waals surface area contributed by atoms with Gasteiger partial charge in [0.15, 0.2) is 5.58 Å². The maximum Gasteiger partial charge on any atom is 0.420 e. The Hall–Kier alpha value is -3.24. The van der Waals surface area contributed by atoms with E-state index in [1.54, 1.807) is 12.4 Å². The largest absolute Gasteiger partial charge is 0.435 e. The Morgan fingerprint density at radius 2 is 2.00 bits per heavy atom. The molecule has 10 heteroatoms. The van der Waals surface area contributed by atoms with Gasteiger partial charge in [-0.15, -0.1) is 10.2 Å². The molecule has 6 rings (SSSR count). The van der Waals surface area contributed by atoms with Crippen molar-refractivity contribution in [3.63, 3.8) is 0 Å². The highest BCUT2D eigenvalue weighted by atomic mass is 19.4. The fraction of sp³-hybridized carbons (Fsp3) is 0.464. The number of alkyl halides is 3. The highest BCUT2D eigenvalue weighted by Gasteiger charge is 2.37. The lowest BCUT2D eigenvalue weighted by Gasteiger charge is -2.33. The number of ether oxygens (including phenoxy) is 1. The summed E-state index contributed by atoms with van der Waals surface area (Å²) in [6.07, 6.45) is -0.682. The second-order valence-electron chi connectivity index (χ2n) is 10.7. The van der Waals surface area contributed by atoms with Gasteiger partial charge in [0, 0.05) is 31.6 Å². The van der Waals surface area contributed by atoms with Crippen LogP contribution in [0.15, 0.2) is 47.1 Å². The van der Waals surface area contributed by atoms with Gasteiger partial charge >= 0.3 is 6.18 Å². The van der Waals surface area contributed by atoms with E-state index in [1.807, 2.05) is 35.9 Å². The molecule has 0 aliphatic carbocycles. The number of oxazole rings is 1. The number of halogens is 3. The van der Waals surface area contributed by atoms with Gasteiger partial charge < -0.3 is 13.7 Å². The molecule has 0 spiro atoms. The highest BCUT2D eigenvalue weighted by molar-refractivity contribution is 5.81. The first-order valence-electron chi connectivity index (χ1n) is 13.0. The molecule has 2 aromatic carbocycles. The van der Waals surface area contributed by atoms with E-state index in [0.29, 0.717) is 36.8 Å². The minimum Gasteiger partial charge on any atom is -0.435 e. The van der Waals surface area contributed by atoms with Gasteiger partial charge in [0.1, 0.15) is 23.2 Å². The fourth-order valence-electron chi connectivity index (χ4n) is 5.72. The fourth-order valence-corrected chi connectivity index (χ4v) is 5.72. The van der Waals surface area contributed by atoms with Crippen molar-refractivity contribution < 1.29 is 22.3 Å². The second-order valence-corrected chi connectivity index (χ2v) is 10.7. The number of nitrogens with zero attached hydrogens (tertiary/aromatic N) is 5. The summed E-state index contributed by atoms with van der Waals surface area (Å²) in [5, 5.41) is 8.36. The topological polar surface area (TPSA) is 69.2 Å². The van der Waals surface area contributed by atoms with Crippen molar-refractivity contribution in [3.05, 3.63) is 65.2 Å². The summed E-state index contributed by atoms with van der Waals surface area (Å²) < 4.78 is 55.5. The van der Waals surface area contributed by atoms with Crippen LogP contribution >= 0.6 is 0 Å². The van der Waals surface area contributed by atoms with E-state index >= 15 is 0 Å². The van der Waals surface area contributed by atoms with Crippen molar-refractivity contribution in [2.45, 2.75) is 38.4 Å². The predicted octanol–water partition coefficient (Wildman–Crippen LogP) is 5.65. The van der Waals surface area contributed by atoms with Gasteiger partial charge in [-0.25, -0.2) is 4.98 Å². The molecule has 0 amide bonds. The first-order valence-corrected chi connectivity index (χ1v) is 13.0. The summed E-state index contributed by atoms with van der Waals surface area (Å²) in [6, 6.07) is 10.5. The van der Waals surface area contributed by atoms with Crippen molar-refractivity contribution in [2.75, 3.05) is 26.3 Å². The number of aryl methyl sites for hydroxylation is 1. The van der Waals surface area contributed by atoms with Crippen LogP contribution in [-0.4, -0.2) is 51.0 Å². The van der Waals surface area contributed by atoms with E-state index in [1.165, 1.54) is 6.07 Å². The summed E-state index contributed by atoms with van der Waals surface area (Å²) in [5.41, 5.74) is 1.38. The van der Waals surface area contributed by atoms with Crippen LogP contribution in [0.4, 0.5) is 13.2 Å². The van der Waals surface area contributed by atoms with Crippen LogP contribution in [0.2, 0.25) is 0 Å². The minimum atomic E-state index is -4.55. The van der Waals surface area contributed by atoms with Crippen LogP contribution in [0, 0.1) is 11.8 Å². The number of fused-ring (bicyclic) bond motifs is 1. The number of rotatable bonds is 6. The zero-order valence-corrected chi connectivity index (χ0v) is 21.4. The third kappa shape index (κ3) is 4.82. The third-order valence-electron chi connectivity index (χ3n) is 7.66. The number of benzene rings is 2. The maximum absolute atomic E-state index is 14.1. The molecule has 1 unspecified atom stereocenters. The van der Waals surface area contributed by atoms with Crippen molar-refractivity contribution >= 4 is 11.1 Å². The molecule has 0 N–H and O–H groups in total. The maximum atomic E-state index is 14.1. The van der Waals surface area contributed by atoms with Crippen molar-refractivity contribution in [3.8, 4) is 11.5 Å². The molecule has 4 aromatic rings. The first kappa shape index (κ1) is 25.1. The summed E-state index contributed by atoms with van der Waals surface area (Å²) in [6.45, 7) is 5.63. The van der Waals surface area contributed by atoms with Gasteiger partial charge in [0.2, 0.25) is 5.89 Å². The zero-order valence-electron chi connectivity index (χ0n) is 21.4. The predicted molar refractivity (Wildman–Crippen MR) is 135 cm³/mol. The van der Waals surface area contributed by atoms with Gasteiger partial charge in [-0.05, 0) is 60.7 Å². The van der Waals surface area contributed by atoms with Crippen molar-refractivity contribution in [1.29, 1.82) is 0 Å². The second kappa shape index (κ2) is 9.81. The van der Waals surface area contributed by atoms with E-state index < -0.39 is 11.7 Å². The molecule has 2 fully saturated rings. The van der Waals surface area contributed by atoms with E-state index in [0.717, 1.165) is 37.3 Å². The molecule has 2 aromatic heterocycles. The molecule has 38 heavy (non-hydrogen) atoms. The average molecular weight is 526 g/mol. The van der Waals surface area contributed by atoms with Gasteiger partial charge in [-0.2, -0.15) is 13.2 Å². The molecular weight excluding hydrogens is 495 g/mol. The summed E-state index contributed by atoms with van der Waals surface area (Å²) in [5.74, 6) is 1.68. The monoisotopic (exact) mass is 525 g/mol. The Balaban J connectivity index is 1.38. The molecule has 0 saturated carbocycles. The number of piperidine rings is 1. The molecule has 4 heterocycles. The lowest BCUT2D eigenvalue weighted by atomic mass is 9.83. The number of hydrogen-bond donors (Lipinski definition) is 0. The summed E-state index contributed by atoms with van der Waals surface area (Å²) >= 11 is 0. The van der Waals surface area contributed by atoms with Gasteiger partial charge in [0.25, 0.3) is 0 Å². The van der Waals surface area contributed by atoms with Crippen LogP contribution < -0.4 is 0 Å². The van der Waals surface area contributed by atoms with Crippen LogP contribution in [0.5, 0.6) is 0 Å². The van der Waals surface area contributed by atoms with Crippen LogP contribution in [0.25, 0.3) is 22.6 Å². The Bertz CT molecular complexity index is 1440. The molecule has 2 saturated heterocycles. The van der Waals surface area contributed by atoms with E-state index in [9.17, 15) is 13.2 Å². The quantitative estimate of drug-likeness (QED) is 0.324. The standard InChI is InChI=1S/C28H30F3N5O2/c1-17-5-4-8-36(12-17)13-18-9-22(28(29,30)31)25-23(10-18)33-27(38-25)20-7-3-6-19(11-20)24(21-14-37-15-21)26-34-32-16-35(26)2/h3,6-7,9-11,16-17,21,24H,4-5,8,12-15H2,1-2H3/t17-,24?/m0/s1. The Labute approximate surface area is 218 Å². The smallest absolute Gasteiger partial charge is 0.420 e. The Morgan fingerprint density at radius 1 is 1.16 bits per heavy atom. The van der Waals surface area contributed by atoms with Gasteiger partial charge in [0.05, 0.1) is 19.1 Å². The SMILES string of the molecule is C[C@H]1CCCN(Cc2cc(C(F)(F)F)c3oc(-c4cccc(C(c5nncn5C)C5COC5)c4)nc3c2)C1. The summed E-state index contributed by atoms with van der Waals surface area (Å²) in [4.78, 5) is 6.76. The Morgan fingerprint density at radius 3 is 2.68 bits per heavy atom. The van der Waals surface area contributed by atoms with Crippen LogP contribution in [0.1, 0.15) is 48.2 Å². The highest BCUT2D eigenvalue weighted by Crippen LogP contribution is 2.40. The lowest BCUT2D eigenvalue weighted by Crippen LogP contribution is -2.34. The molecule has 200 valence electrons. The van der Waals surface area contributed by atoms with E-state index in [-0.39, 0.29) is 28.8 Å². The number of hydrogen-bond acceptors (Lipinski definition) is 6. The molecule has 2 aliphatic heterocycles. The van der Waals surface area contributed by atoms with Crippen LogP contribution in [-0.2, 0) is 24.5 Å². The average Bonchev–Trinajstić information content (AvgIpc) is 3.46. The molecule has 0 radical (unpaired) electrons. The van der Waals surface area contributed by atoms with Crippen molar-refractivity contribution in [1.82, 2.24) is 24.6 Å². The van der Waals surface area contributed by atoms with E-state index in [2.05, 4.69) is 27.0 Å². The third-order valence-corrected chi connectivity index (χ3v) is 7.66. The zero-order chi connectivity index (χ0) is 26.4.